The number of hydrogen-bond acceptors (Lipinski definition) is 1. The molecule has 0 fully saturated rings. The van der Waals surface area contributed by atoms with Crippen LogP contribution >= 0.6 is 11.6 Å². The summed E-state index contributed by atoms with van der Waals surface area (Å²) in [5.74, 6) is 0. The first-order chi connectivity index (χ1) is 11.7. The van der Waals surface area contributed by atoms with Gasteiger partial charge in [-0.15, -0.1) is 0 Å². The lowest BCUT2D eigenvalue weighted by Crippen LogP contribution is -2.16. The molecule has 24 heavy (non-hydrogen) atoms. The molecule has 0 radical (unpaired) electrons. The first-order valence-corrected chi connectivity index (χ1v) is 8.75. The highest BCUT2D eigenvalue weighted by Gasteiger charge is 2.22. The summed E-state index contributed by atoms with van der Waals surface area (Å²) in [5.41, 5.74) is 12.4. The van der Waals surface area contributed by atoms with Crippen LogP contribution in [0.2, 0.25) is 5.02 Å². The molecule has 1 atom stereocenters. The van der Waals surface area contributed by atoms with Crippen molar-refractivity contribution in [3.8, 4) is 5.69 Å². The Balaban J connectivity index is 1.75. The van der Waals surface area contributed by atoms with Crippen molar-refractivity contribution in [2.45, 2.75) is 25.3 Å². The highest BCUT2D eigenvalue weighted by atomic mass is 35.5. The summed E-state index contributed by atoms with van der Waals surface area (Å²) in [5, 5.41) is 3.32. The fraction of sp³-hybridized carbons (Fsp3) is 0.200. The molecule has 4 heteroatoms. The summed E-state index contributed by atoms with van der Waals surface area (Å²) < 4.78 is 2.20. The minimum Gasteiger partial charge on any atom is -0.357 e. The molecule has 3 nitrogen and oxygen atoms in total. The molecule has 2 heterocycles. The monoisotopic (exact) mass is 335 g/mol. The van der Waals surface area contributed by atoms with E-state index in [2.05, 4.69) is 33.9 Å². The summed E-state index contributed by atoms with van der Waals surface area (Å²) >= 11 is 6.01. The average molecular weight is 336 g/mol. The molecule has 1 aliphatic carbocycles. The quantitative estimate of drug-likeness (QED) is 0.499. The van der Waals surface area contributed by atoms with Crippen LogP contribution < -0.4 is 5.73 Å². The smallest absolute Gasteiger partial charge is 0.0549 e. The number of rotatable bonds is 1. The van der Waals surface area contributed by atoms with Crippen molar-refractivity contribution in [2.24, 2.45) is 5.73 Å². The lowest BCUT2D eigenvalue weighted by molar-refractivity contribution is 0.562. The number of aromatic nitrogens is 2. The second-order valence-electron chi connectivity index (χ2n) is 6.63. The van der Waals surface area contributed by atoms with Crippen molar-refractivity contribution >= 4 is 33.4 Å². The Morgan fingerprint density at radius 2 is 1.96 bits per heavy atom. The second kappa shape index (κ2) is 5.13. The van der Waals surface area contributed by atoms with Gasteiger partial charge in [-0.05, 0) is 67.3 Å². The highest BCUT2D eigenvalue weighted by Crippen LogP contribution is 2.36. The highest BCUT2D eigenvalue weighted by molar-refractivity contribution is 6.30. The van der Waals surface area contributed by atoms with E-state index in [-0.39, 0.29) is 6.04 Å². The lowest BCUT2D eigenvalue weighted by atomic mass is 9.92. The zero-order valence-corrected chi connectivity index (χ0v) is 14.0. The van der Waals surface area contributed by atoms with E-state index in [4.69, 9.17) is 17.3 Å². The zero-order chi connectivity index (χ0) is 16.3. The van der Waals surface area contributed by atoms with Crippen LogP contribution in [0.25, 0.3) is 27.5 Å². The van der Waals surface area contributed by atoms with Crippen LogP contribution in [0.15, 0.2) is 48.7 Å². The maximum absolute atomic E-state index is 6.30. The SMILES string of the molecule is NC1CCCc2c1[nH]c1cc3c(ccn3-c3ccc(Cl)cc3)cc21. The van der Waals surface area contributed by atoms with Gasteiger partial charge in [0, 0.05) is 44.9 Å². The molecule has 0 saturated heterocycles. The molecule has 3 N–H and O–H groups in total. The Bertz CT molecular complexity index is 1060. The first-order valence-electron chi connectivity index (χ1n) is 8.38. The molecular formula is C20H18ClN3. The van der Waals surface area contributed by atoms with Gasteiger partial charge >= 0.3 is 0 Å². The van der Waals surface area contributed by atoms with E-state index in [1.807, 2.05) is 24.3 Å². The van der Waals surface area contributed by atoms with E-state index in [0.717, 1.165) is 23.6 Å². The summed E-state index contributed by atoms with van der Waals surface area (Å²) in [6.07, 6.45) is 5.47. The van der Waals surface area contributed by atoms with Crippen LogP contribution in [0.1, 0.15) is 30.1 Å². The Labute approximate surface area is 145 Å². The normalized spacial score (nSPS) is 17.5. The van der Waals surface area contributed by atoms with Crippen LogP contribution in [0.3, 0.4) is 0 Å². The molecule has 0 bridgehead atoms. The molecule has 0 amide bonds. The lowest BCUT2D eigenvalue weighted by Gasteiger charge is -2.18. The van der Waals surface area contributed by atoms with Crippen molar-refractivity contribution in [3.63, 3.8) is 0 Å². The summed E-state index contributed by atoms with van der Waals surface area (Å²) in [6.45, 7) is 0. The van der Waals surface area contributed by atoms with Gasteiger partial charge in [-0.25, -0.2) is 0 Å². The molecule has 4 aromatic rings. The third-order valence-corrected chi connectivity index (χ3v) is 5.42. The van der Waals surface area contributed by atoms with Crippen molar-refractivity contribution in [1.29, 1.82) is 0 Å². The molecule has 2 aromatic heterocycles. The molecule has 120 valence electrons. The Morgan fingerprint density at radius 1 is 1.12 bits per heavy atom. The topological polar surface area (TPSA) is 46.7 Å². The summed E-state index contributed by atoms with van der Waals surface area (Å²) in [7, 11) is 0. The maximum atomic E-state index is 6.30. The molecule has 2 aromatic carbocycles. The maximum Gasteiger partial charge on any atom is 0.0549 e. The second-order valence-corrected chi connectivity index (χ2v) is 7.07. The predicted octanol–water partition coefficient (Wildman–Crippen LogP) is 5.10. The Hall–Kier alpha value is -2.23. The van der Waals surface area contributed by atoms with E-state index in [0.29, 0.717) is 0 Å². The Kier molecular flexibility index (Phi) is 3.02. The van der Waals surface area contributed by atoms with E-state index in [1.54, 1.807) is 0 Å². The van der Waals surface area contributed by atoms with Crippen molar-refractivity contribution in [3.05, 3.63) is 64.9 Å². The molecular weight excluding hydrogens is 318 g/mol. The number of aryl methyl sites for hydroxylation is 1. The van der Waals surface area contributed by atoms with E-state index in [9.17, 15) is 0 Å². The zero-order valence-electron chi connectivity index (χ0n) is 13.2. The first kappa shape index (κ1) is 14.1. The fourth-order valence-corrected chi connectivity index (χ4v) is 4.08. The van der Waals surface area contributed by atoms with E-state index < -0.39 is 0 Å². The standard InChI is InChI=1S/C20H18ClN3/c21-13-4-6-14(7-5-13)24-9-8-12-10-16-15-2-1-3-17(22)20(15)23-18(16)11-19(12)24/h4-11,17,23H,1-3,22H2. The number of fused-ring (bicyclic) bond motifs is 4. The van der Waals surface area contributed by atoms with Crippen molar-refractivity contribution in [1.82, 2.24) is 9.55 Å². The van der Waals surface area contributed by atoms with Gasteiger partial charge in [0.05, 0.1) is 5.52 Å². The summed E-state index contributed by atoms with van der Waals surface area (Å²) in [4.78, 5) is 3.58. The largest absolute Gasteiger partial charge is 0.357 e. The molecule has 1 unspecified atom stereocenters. The van der Waals surface area contributed by atoms with E-state index >= 15 is 0 Å². The molecule has 0 spiro atoms. The number of H-pyrrole nitrogens is 1. The average Bonchev–Trinajstić information content (AvgIpc) is 3.16. The van der Waals surface area contributed by atoms with Gasteiger partial charge in [-0.3, -0.25) is 0 Å². The number of aromatic amines is 1. The van der Waals surface area contributed by atoms with Crippen molar-refractivity contribution < 1.29 is 0 Å². The number of halogens is 1. The molecule has 5 rings (SSSR count). The predicted molar refractivity (Wildman–Crippen MR) is 100 cm³/mol. The van der Waals surface area contributed by atoms with Gasteiger partial charge in [-0.2, -0.15) is 0 Å². The van der Waals surface area contributed by atoms with Crippen LogP contribution in [-0.2, 0) is 6.42 Å². The third kappa shape index (κ3) is 2.02. The van der Waals surface area contributed by atoms with Gasteiger partial charge in [0.25, 0.3) is 0 Å². The van der Waals surface area contributed by atoms with Gasteiger partial charge in [0.2, 0.25) is 0 Å². The number of nitrogens with one attached hydrogen (secondary N) is 1. The van der Waals surface area contributed by atoms with Crippen LogP contribution in [0.5, 0.6) is 0 Å². The van der Waals surface area contributed by atoms with Crippen LogP contribution in [0.4, 0.5) is 0 Å². The Morgan fingerprint density at radius 3 is 2.79 bits per heavy atom. The minimum absolute atomic E-state index is 0.138. The van der Waals surface area contributed by atoms with Gasteiger partial charge < -0.3 is 15.3 Å². The van der Waals surface area contributed by atoms with Gasteiger partial charge in [-0.1, -0.05) is 11.6 Å². The third-order valence-electron chi connectivity index (χ3n) is 5.17. The van der Waals surface area contributed by atoms with Gasteiger partial charge in [0.15, 0.2) is 0 Å². The number of nitrogens with zero attached hydrogens (tertiary/aromatic N) is 1. The fourth-order valence-electron chi connectivity index (χ4n) is 3.96. The number of nitrogens with two attached hydrogens (primary N) is 1. The minimum atomic E-state index is 0.138. The number of benzene rings is 2. The van der Waals surface area contributed by atoms with Crippen LogP contribution in [0, 0.1) is 0 Å². The number of hydrogen-bond donors (Lipinski definition) is 2. The molecule has 0 saturated carbocycles. The van der Waals surface area contributed by atoms with Crippen LogP contribution in [-0.4, -0.2) is 9.55 Å². The van der Waals surface area contributed by atoms with Gasteiger partial charge in [0.1, 0.15) is 0 Å². The molecule has 0 aliphatic heterocycles. The molecule has 1 aliphatic rings. The summed E-state index contributed by atoms with van der Waals surface area (Å²) in [6, 6.07) is 14.8. The van der Waals surface area contributed by atoms with E-state index in [1.165, 1.54) is 39.5 Å². The van der Waals surface area contributed by atoms with Crippen molar-refractivity contribution in [2.75, 3.05) is 0 Å².